The minimum absolute atomic E-state index is 0.160. The molecular weight excluding hydrogens is 456 g/mol. The lowest BCUT2D eigenvalue weighted by molar-refractivity contribution is 0.00465. The molecule has 0 bridgehead atoms. The van der Waals surface area contributed by atoms with Crippen molar-refractivity contribution in [1.29, 1.82) is 0 Å². The molecule has 0 aliphatic heterocycles. The fourth-order valence-electron chi connectivity index (χ4n) is 3.65. The van der Waals surface area contributed by atoms with Gasteiger partial charge in [0.1, 0.15) is 24.7 Å². The standard InChI is InChI=1S/C26H38O9/c1-19-11-21(15-27)25(22(12-19)16-28)34-9-7-32-5-3-31-4-6-33-8-10-35-26-23(17-29)13-20(2)14-24(26)18-30/h11-14,27-30H,3-10,15-18H2,1-2H3. The number of benzene rings is 2. The van der Waals surface area contributed by atoms with Crippen LogP contribution in [0.3, 0.4) is 0 Å². The molecule has 196 valence electrons. The predicted molar refractivity (Wildman–Crippen MR) is 129 cm³/mol. The molecule has 2 aromatic rings. The second-order valence-electron chi connectivity index (χ2n) is 7.99. The van der Waals surface area contributed by atoms with E-state index >= 15 is 0 Å². The summed E-state index contributed by atoms with van der Waals surface area (Å²) in [5.74, 6) is 1.01. The van der Waals surface area contributed by atoms with Crippen molar-refractivity contribution in [2.24, 2.45) is 0 Å². The van der Waals surface area contributed by atoms with E-state index in [-0.39, 0.29) is 26.4 Å². The molecule has 0 aromatic heterocycles. The summed E-state index contributed by atoms with van der Waals surface area (Å²) < 4.78 is 27.9. The molecule has 0 saturated carbocycles. The van der Waals surface area contributed by atoms with E-state index in [9.17, 15) is 20.4 Å². The molecule has 0 fully saturated rings. The number of aryl methyl sites for hydroxylation is 2. The van der Waals surface area contributed by atoms with E-state index in [1.807, 2.05) is 38.1 Å². The van der Waals surface area contributed by atoms with E-state index in [1.54, 1.807) is 0 Å². The molecule has 0 spiro atoms. The zero-order valence-corrected chi connectivity index (χ0v) is 20.6. The van der Waals surface area contributed by atoms with Crippen LogP contribution < -0.4 is 9.47 Å². The van der Waals surface area contributed by atoms with E-state index in [0.29, 0.717) is 86.6 Å². The third-order valence-corrected chi connectivity index (χ3v) is 5.15. The maximum Gasteiger partial charge on any atom is 0.130 e. The molecule has 35 heavy (non-hydrogen) atoms. The molecule has 2 rings (SSSR count). The highest BCUT2D eigenvalue weighted by atomic mass is 16.6. The average molecular weight is 495 g/mol. The van der Waals surface area contributed by atoms with Crippen molar-refractivity contribution in [3.8, 4) is 11.5 Å². The second-order valence-corrected chi connectivity index (χ2v) is 7.99. The molecule has 0 atom stereocenters. The summed E-state index contributed by atoms with van der Waals surface area (Å²) in [6.07, 6.45) is 0. The van der Waals surface area contributed by atoms with Crippen molar-refractivity contribution in [3.05, 3.63) is 57.6 Å². The van der Waals surface area contributed by atoms with Crippen LogP contribution in [0.2, 0.25) is 0 Å². The van der Waals surface area contributed by atoms with Crippen LogP contribution in [0.15, 0.2) is 24.3 Å². The molecule has 0 amide bonds. The number of aliphatic hydroxyl groups excluding tert-OH is 4. The van der Waals surface area contributed by atoms with Crippen LogP contribution in [0.4, 0.5) is 0 Å². The average Bonchev–Trinajstić information content (AvgIpc) is 2.86. The van der Waals surface area contributed by atoms with Crippen molar-refractivity contribution >= 4 is 0 Å². The lowest BCUT2D eigenvalue weighted by Gasteiger charge is -2.15. The largest absolute Gasteiger partial charge is 0.490 e. The Morgan fingerprint density at radius 1 is 0.457 bits per heavy atom. The third kappa shape index (κ3) is 9.73. The number of ether oxygens (including phenoxy) is 5. The molecule has 0 saturated heterocycles. The van der Waals surface area contributed by atoms with Crippen molar-refractivity contribution in [1.82, 2.24) is 0 Å². The van der Waals surface area contributed by atoms with E-state index in [0.717, 1.165) is 11.1 Å². The van der Waals surface area contributed by atoms with E-state index in [2.05, 4.69) is 0 Å². The van der Waals surface area contributed by atoms with Gasteiger partial charge in [-0.15, -0.1) is 0 Å². The highest BCUT2D eigenvalue weighted by Crippen LogP contribution is 2.27. The smallest absolute Gasteiger partial charge is 0.130 e. The van der Waals surface area contributed by atoms with Crippen LogP contribution in [0, 0.1) is 13.8 Å². The molecule has 0 aliphatic carbocycles. The Bertz CT molecular complexity index is 764. The van der Waals surface area contributed by atoms with Gasteiger partial charge >= 0.3 is 0 Å². The van der Waals surface area contributed by atoms with E-state index in [1.165, 1.54) is 0 Å². The van der Waals surface area contributed by atoms with E-state index < -0.39 is 0 Å². The zero-order valence-electron chi connectivity index (χ0n) is 20.6. The number of hydrogen-bond acceptors (Lipinski definition) is 9. The maximum atomic E-state index is 9.51. The molecule has 9 nitrogen and oxygen atoms in total. The van der Waals surface area contributed by atoms with Gasteiger partial charge in [0, 0.05) is 22.3 Å². The monoisotopic (exact) mass is 494 g/mol. The Hall–Kier alpha value is -2.24. The Morgan fingerprint density at radius 3 is 0.971 bits per heavy atom. The van der Waals surface area contributed by atoms with Crippen LogP contribution in [-0.2, 0) is 40.6 Å². The highest BCUT2D eigenvalue weighted by molar-refractivity contribution is 5.44. The summed E-state index contributed by atoms with van der Waals surface area (Å²) in [6, 6.07) is 7.33. The van der Waals surface area contributed by atoms with Crippen molar-refractivity contribution in [2.45, 2.75) is 40.3 Å². The fourth-order valence-corrected chi connectivity index (χ4v) is 3.65. The van der Waals surface area contributed by atoms with Gasteiger partial charge in [-0.1, -0.05) is 35.4 Å². The van der Waals surface area contributed by atoms with Crippen LogP contribution >= 0.6 is 0 Å². The molecule has 4 N–H and O–H groups in total. The van der Waals surface area contributed by atoms with Crippen LogP contribution in [-0.4, -0.2) is 73.3 Å². The summed E-state index contributed by atoms with van der Waals surface area (Å²) in [4.78, 5) is 0. The van der Waals surface area contributed by atoms with Gasteiger partial charge in [-0.25, -0.2) is 0 Å². The third-order valence-electron chi connectivity index (χ3n) is 5.15. The Kier molecular flexibility index (Phi) is 13.6. The molecule has 2 aromatic carbocycles. The maximum absolute atomic E-state index is 9.51. The SMILES string of the molecule is Cc1cc(CO)c(OCCOCCOCCOCCOc2c(CO)cc(C)cc2CO)c(CO)c1. The van der Waals surface area contributed by atoms with Gasteiger partial charge in [0.05, 0.1) is 66.1 Å². The van der Waals surface area contributed by atoms with Crippen molar-refractivity contribution in [2.75, 3.05) is 52.9 Å². The number of hydrogen-bond donors (Lipinski definition) is 4. The Labute approximate surface area is 206 Å². The fraction of sp³-hybridized carbons (Fsp3) is 0.538. The summed E-state index contributed by atoms with van der Waals surface area (Å²) >= 11 is 0. The van der Waals surface area contributed by atoms with Crippen LogP contribution in [0.5, 0.6) is 11.5 Å². The Balaban J connectivity index is 1.52. The summed E-state index contributed by atoms with van der Waals surface area (Å²) in [7, 11) is 0. The molecule has 0 heterocycles. The Morgan fingerprint density at radius 2 is 0.714 bits per heavy atom. The van der Waals surface area contributed by atoms with Crippen molar-refractivity contribution < 1.29 is 44.1 Å². The lowest BCUT2D eigenvalue weighted by Crippen LogP contribution is -2.15. The van der Waals surface area contributed by atoms with E-state index in [4.69, 9.17) is 23.7 Å². The minimum atomic E-state index is -0.160. The van der Waals surface area contributed by atoms with Gasteiger partial charge < -0.3 is 44.1 Å². The molecular formula is C26H38O9. The topological polar surface area (TPSA) is 127 Å². The normalized spacial score (nSPS) is 11.1. The first-order valence-corrected chi connectivity index (χ1v) is 11.7. The first-order valence-electron chi connectivity index (χ1n) is 11.7. The first kappa shape index (κ1) is 29.0. The van der Waals surface area contributed by atoms with Crippen molar-refractivity contribution in [3.63, 3.8) is 0 Å². The summed E-state index contributed by atoms with van der Waals surface area (Å²) in [5.41, 5.74) is 4.48. The van der Waals surface area contributed by atoms with Gasteiger partial charge in [0.15, 0.2) is 0 Å². The zero-order chi connectivity index (χ0) is 25.5. The van der Waals surface area contributed by atoms with Gasteiger partial charge in [0.2, 0.25) is 0 Å². The van der Waals surface area contributed by atoms with Gasteiger partial charge in [0.25, 0.3) is 0 Å². The minimum Gasteiger partial charge on any atom is -0.490 e. The number of aliphatic hydroxyl groups is 4. The molecule has 0 aliphatic rings. The number of rotatable bonds is 18. The summed E-state index contributed by atoms with van der Waals surface area (Å²) in [5, 5.41) is 38.1. The second kappa shape index (κ2) is 16.4. The molecule has 0 radical (unpaired) electrons. The lowest BCUT2D eigenvalue weighted by atomic mass is 10.1. The van der Waals surface area contributed by atoms with Crippen LogP contribution in [0.1, 0.15) is 33.4 Å². The summed E-state index contributed by atoms with van der Waals surface area (Å²) in [6.45, 7) is 6.09. The highest BCUT2D eigenvalue weighted by Gasteiger charge is 2.11. The predicted octanol–water partition coefficient (Wildman–Crippen LogP) is 1.78. The van der Waals surface area contributed by atoms with Gasteiger partial charge in [-0.05, 0) is 13.8 Å². The quantitative estimate of drug-likeness (QED) is 0.229. The molecule has 9 heteroatoms. The van der Waals surface area contributed by atoms with Gasteiger partial charge in [-0.2, -0.15) is 0 Å². The first-order chi connectivity index (χ1) is 17.0. The van der Waals surface area contributed by atoms with Crippen LogP contribution in [0.25, 0.3) is 0 Å². The molecule has 0 unspecified atom stereocenters. The van der Waals surface area contributed by atoms with Gasteiger partial charge in [-0.3, -0.25) is 0 Å².